The van der Waals surface area contributed by atoms with E-state index in [4.69, 9.17) is 27.9 Å². The molecule has 23 heavy (non-hydrogen) atoms. The lowest BCUT2D eigenvalue weighted by atomic mass is 10.2. The van der Waals surface area contributed by atoms with Crippen LogP contribution in [0.2, 0.25) is 10.0 Å². The number of halogens is 3. The number of rotatable bonds is 3. The molecule has 0 saturated carbocycles. The second-order valence-corrected chi connectivity index (χ2v) is 5.93. The molecule has 1 amide bonds. The first-order valence-corrected chi connectivity index (χ1v) is 7.67. The summed E-state index contributed by atoms with van der Waals surface area (Å²) in [6, 6.07) is 4.85. The van der Waals surface area contributed by atoms with Gasteiger partial charge in [-0.1, -0.05) is 23.2 Å². The summed E-state index contributed by atoms with van der Waals surface area (Å²) in [7, 11) is 0. The van der Waals surface area contributed by atoms with Crippen molar-refractivity contribution in [3.05, 3.63) is 52.0 Å². The minimum Gasteiger partial charge on any atom is -0.458 e. The smallest absolute Gasteiger partial charge is 0.316 e. The van der Waals surface area contributed by atoms with Crippen LogP contribution >= 0.6 is 23.2 Å². The van der Waals surface area contributed by atoms with Crippen molar-refractivity contribution in [3.63, 3.8) is 0 Å². The molecule has 5 nitrogen and oxygen atoms in total. The normalized spacial score (nSPS) is 17.3. The second kappa shape index (κ2) is 6.68. The summed E-state index contributed by atoms with van der Waals surface area (Å²) in [6.07, 6.45) is 2.45. The van der Waals surface area contributed by atoms with E-state index in [9.17, 15) is 9.18 Å². The van der Waals surface area contributed by atoms with E-state index in [2.05, 4.69) is 9.97 Å². The number of carbonyl (C=O) groups is 1. The van der Waals surface area contributed by atoms with Crippen LogP contribution in [0, 0.1) is 5.82 Å². The molecule has 1 fully saturated rings. The highest BCUT2D eigenvalue weighted by molar-refractivity contribution is 6.35. The average Bonchev–Trinajstić information content (AvgIpc) is 3.00. The Kier molecular flexibility index (Phi) is 4.63. The fraction of sp³-hybridized carbons (Fsp3) is 0.267. The minimum atomic E-state index is -0.531. The van der Waals surface area contributed by atoms with E-state index in [1.165, 1.54) is 0 Å². The van der Waals surface area contributed by atoms with Crippen LogP contribution in [-0.4, -0.2) is 40.0 Å². The second-order valence-electron chi connectivity index (χ2n) is 5.09. The number of hydrogen-bond acceptors (Lipinski definition) is 4. The van der Waals surface area contributed by atoms with Crippen molar-refractivity contribution in [2.45, 2.75) is 12.5 Å². The van der Waals surface area contributed by atoms with Gasteiger partial charge in [-0.3, -0.25) is 4.79 Å². The Morgan fingerprint density at radius 2 is 2.04 bits per heavy atom. The first kappa shape index (κ1) is 16.0. The van der Waals surface area contributed by atoms with Gasteiger partial charge in [-0.05, 0) is 18.2 Å². The van der Waals surface area contributed by atoms with Crippen LogP contribution in [0.5, 0.6) is 6.01 Å². The van der Waals surface area contributed by atoms with Crippen LogP contribution in [0.3, 0.4) is 0 Å². The number of hydrogen-bond donors (Lipinski definition) is 0. The van der Waals surface area contributed by atoms with E-state index in [0.29, 0.717) is 35.1 Å². The molecule has 0 aliphatic carbocycles. The number of amides is 1. The molecule has 1 saturated heterocycles. The standard InChI is InChI=1S/C15H12Cl2FN3O2/c16-9-1-2-13(17)12(5-9)14(22)21-4-3-11(8-21)23-15-19-6-10(18)7-20-15/h1-2,5-7,11H,3-4,8H2/t11-/m0/s1. The van der Waals surface area contributed by atoms with Gasteiger partial charge in [-0.2, -0.15) is 0 Å². The van der Waals surface area contributed by atoms with Crippen molar-refractivity contribution in [3.8, 4) is 6.01 Å². The van der Waals surface area contributed by atoms with Crippen LogP contribution < -0.4 is 4.74 Å². The Hall–Kier alpha value is -1.92. The molecule has 0 radical (unpaired) electrons. The molecule has 1 aromatic carbocycles. The van der Waals surface area contributed by atoms with E-state index >= 15 is 0 Å². The minimum absolute atomic E-state index is 0.0893. The monoisotopic (exact) mass is 355 g/mol. The Morgan fingerprint density at radius 3 is 2.78 bits per heavy atom. The van der Waals surface area contributed by atoms with Crippen LogP contribution in [0.1, 0.15) is 16.8 Å². The molecule has 1 aromatic heterocycles. The quantitative estimate of drug-likeness (QED) is 0.848. The van der Waals surface area contributed by atoms with E-state index < -0.39 is 5.82 Å². The maximum Gasteiger partial charge on any atom is 0.316 e. The van der Waals surface area contributed by atoms with Crippen molar-refractivity contribution in [1.82, 2.24) is 14.9 Å². The SMILES string of the molecule is O=C(c1cc(Cl)ccc1Cl)N1CC[C@H](Oc2ncc(F)cn2)C1. The van der Waals surface area contributed by atoms with Gasteiger partial charge in [0.2, 0.25) is 0 Å². The fourth-order valence-electron chi connectivity index (χ4n) is 2.35. The summed E-state index contributed by atoms with van der Waals surface area (Å²) in [6.45, 7) is 0.899. The van der Waals surface area contributed by atoms with Crippen molar-refractivity contribution in [1.29, 1.82) is 0 Å². The number of likely N-dealkylation sites (tertiary alicyclic amines) is 1. The number of nitrogens with zero attached hydrogens (tertiary/aromatic N) is 3. The molecule has 1 aliphatic rings. The number of benzene rings is 1. The van der Waals surface area contributed by atoms with Gasteiger partial charge in [0.1, 0.15) is 6.10 Å². The third-order valence-corrected chi connectivity index (χ3v) is 4.02. The van der Waals surface area contributed by atoms with Crippen LogP contribution in [0.4, 0.5) is 4.39 Å². The molecular weight excluding hydrogens is 344 g/mol. The van der Waals surface area contributed by atoms with Crippen molar-refractivity contribution < 1.29 is 13.9 Å². The Labute approximate surface area is 142 Å². The summed E-state index contributed by atoms with van der Waals surface area (Å²) in [5, 5.41) is 0.801. The topological polar surface area (TPSA) is 55.3 Å². The molecule has 0 unspecified atom stereocenters. The summed E-state index contributed by atoms with van der Waals surface area (Å²) in [5.74, 6) is -0.736. The van der Waals surface area contributed by atoms with E-state index in [1.807, 2.05) is 0 Å². The van der Waals surface area contributed by atoms with Gasteiger partial charge in [0.05, 0.1) is 29.5 Å². The lowest BCUT2D eigenvalue weighted by Crippen LogP contribution is -2.31. The van der Waals surface area contributed by atoms with E-state index in [0.717, 1.165) is 12.4 Å². The van der Waals surface area contributed by atoms with Gasteiger partial charge in [0, 0.05) is 18.0 Å². The van der Waals surface area contributed by atoms with Gasteiger partial charge in [-0.25, -0.2) is 14.4 Å². The predicted octanol–water partition coefficient (Wildman–Crippen LogP) is 3.22. The van der Waals surface area contributed by atoms with Crippen molar-refractivity contribution in [2.24, 2.45) is 0 Å². The van der Waals surface area contributed by atoms with Crippen LogP contribution in [-0.2, 0) is 0 Å². The summed E-state index contributed by atoms with van der Waals surface area (Å²) in [4.78, 5) is 21.6. The highest BCUT2D eigenvalue weighted by Crippen LogP contribution is 2.24. The first-order valence-electron chi connectivity index (χ1n) is 6.91. The third kappa shape index (κ3) is 3.71. The zero-order valence-electron chi connectivity index (χ0n) is 11.9. The van der Waals surface area contributed by atoms with Crippen LogP contribution in [0.15, 0.2) is 30.6 Å². The summed E-state index contributed by atoms with van der Waals surface area (Å²) >= 11 is 12.0. The van der Waals surface area contributed by atoms with Gasteiger partial charge in [0.25, 0.3) is 5.91 Å². The molecule has 2 aromatic rings. The maximum atomic E-state index is 12.8. The fourth-order valence-corrected chi connectivity index (χ4v) is 2.72. The highest BCUT2D eigenvalue weighted by Gasteiger charge is 2.29. The Morgan fingerprint density at radius 1 is 1.30 bits per heavy atom. The molecule has 0 bridgehead atoms. The lowest BCUT2D eigenvalue weighted by molar-refractivity contribution is 0.0770. The molecule has 120 valence electrons. The van der Waals surface area contributed by atoms with Crippen molar-refractivity contribution in [2.75, 3.05) is 13.1 Å². The number of carbonyl (C=O) groups excluding carboxylic acids is 1. The van der Waals surface area contributed by atoms with Gasteiger partial charge >= 0.3 is 6.01 Å². The molecule has 8 heteroatoms. The van der Waals surface area contributed by atoms with Crippen molar-refractivity contribution >= 4 is 29.1 Å². The molecule has 1 aliphatic heterocycles. The molecule has 0 spiro atoms. The first-order chi connectivity index (χ1) is 11.0. The predicted molar refractivity (Wildman–Crippen MR) is 83.4 cm³/mol. The maximum absolute atomic E-state index is 12.8. The number of ether oxygens (including phenoxy) is 1. The molecule has 1 atom stereocenters. The zero-order chi connectivity index (χ0) is 16.4. The van der Waals surface area contributed by atoms with E-state index in [1.54, 1.807) is 23.1 Å². The summed E-state index contributed by atoms with van der Waals surface area (Å²) in [5.41, 5.74) is 0.359. The zero-order valence-corrected chi connectivity index (χ0v) is 13.4. The van der Waals surface area contributed by atoms with Crippen LogP contribution in [0.25, 0.3) is 0 Å². The molecule has 0 N–H and O–H groups in total. The van der Waals surface area contributed by atoms with E-state index in [-0.39, 0.29) is 18.0 Å². The van der Waals surface area contributed by atoms with Gasteiger partial charge < -0.3 is 9.64 Å². The Bertz CT molecular complexity index is 727. The highest BCUT2D eigenvalue weighted by atomic mass is 35.5. The molecular formula is C15H12Cl2FN3O2. The Balaban J connectivity index is 1.66. The lowest BCUT2D eigenvalue weighted by Gasteiger charge is -2.17. The molecule has 2 heterocycles. The third-order valence-electron chi connectivity index (χ3n) is 3.46. The van der Waals surface area contributed by atoms with Gasteiger partial charge in [0.15, 0.2) is 5.82 Å². The summed E-state index contributed by atoms with van der Waals surface area (Å²) < 4.78 is 18.3. The molecule has 3 rings (SSSR count). The average molecular weight is 356 g/mol. The number of aromatic nitrogens is 2. The van der Waals surface area contributed by atoms with Gasteiger partial charge in [-0.15, -0.1) is 0 Å². The largest absolute Gasteiger partial charge is 0.458 e.